The summed E-state index contributed by atoms with van der Waals surface area (Å²) in [6.45, 7) is 0. The summed E-state index contributed by atoms with van der Waals surface area (Å²) in [6.07, 6.45) is 4.13. The number of nitrogens with zero attached hydrogens (tertiary/aromatic N) is 1. The van der Waals surface area contributed by atoms with Crippen molar-refractivity contribution in [2.24, 2.45) is 5.92 Å². The van der Waals surface area contributed by atoms with Gasteiger partial charge in [-0.05, 0) is 30.9 Å². The zero-order chi connectivity index (χ0) is 17.1. The first-order chi connectivity index (χ1) is 11.5. The van der Waals surface area contributed by atoms with E-state index in [1.165, 1.54) is 0 Å². The van der Waals surface area contributed by atoms with Crippen LogP contribution in [-0.4, -0.2) is 38.1 Å². The van der Waals surface area contributed by atoms with Gasteiger partial charge in [0.25, 0.3) is 11.5 Å². The van der Waals surface area contributed by atoms with Crippen LogP contribution in [0.3, 0.4) is 0 Å². The molecule has 1 aliphatic rings. The van der Waals surface area contributed by atoms with Gasteiger partial charge in [0, 0.05) is 30.6 Å². The average molecular weight is 330 g/mol. The van der Waals surface area contributed by atoms with Crippen molar-refractivity contribution in [3.63, 3.8) is 0 Å². The molecule has 2 aromatic heterocycles. The highest BCUT2D eigenvalue weighted by Crippen LogP contribution is 2.31. The van der Waals surface area contributed by atoms with E-state index in [-0.39, 0.29) is 23.6 Å². The summed E-state index contributed by atoms with van der Waals surface area (Å²) < 4.78 is 0. The second-order valence-corrected chi connectivity index (χ2v) is 5.98. The highest BCUT2D eigenvalue weighted by Gasteiger charge is 2.35. The molecule has 2 aromatic rings. The van der Waals surface area contributed by atoms with Crippen LogP contribution in [0.5, 0.6) is 0 Å². The van der Waals surface area contributed by atoms with Gasteiger partial charge >= 0.3 is 5.69 Å². The van der Waals surface area contributed by atoms with Crippen molar-refractivity contribution < 1.29 is 9.90 Å². The number of nitrogens with one attached hydrogen (secondary N) is 3. The number of aliphatic hydroxyl groups excluding tert-OH is 1. The van der Waals surface area contributed by atoms with Gasteiger partial charge in [0.1, 0.15) is 5.56 Å². The predicted molar refractivity (Wildman–Crippen MR) is 85.6 cm³/mol. The number of hydrogen-bond acceptors (Lipinski definition) is 5. The normalized spacial score (nSPS) is 20.9. The van der Waals surface area contributed by atoms with Crippen LogP contribution < -0.4 is 16.6 Å². The van der Waals surface area contributed by atoms with Gasteiger partial charge in [0.05, 0.1) is 6.10 Å². The van der Waals surface area contributed by atoms with Gasteiger partial charge < -0.3 is 15.4 Å². The number of hydrogen-bond donors (Lipinski definition) is 4. The Hall–Kier alpha value is -2.74. The van der Waals surface area contributed by atoms with Crippen LogP contribution in [0, 0.1) is 5.92 Å². The van der Waals surface area contributed by atoms with Crippen molar-refractivity contribution >= 4 is 5.91 Å². The lowest BCUT2D eigenvalue weighted by Crippen LogP contribution is -2.49. The van der Waals surface area contributed by atoms with Gasteiger partial charge in [-0.1, -0.05) is 6.07 Å². The Bertz CT molecular complexity index is 824. The van der Waals surface area contributed by atoms with Crippen molar-refractivity contribution in [2.75, 3.05) is 0 Å². The van der Waals surface area contributed by atoms with Crippen LogP contribution in [0.15, 0.2) is 40.2 Å². The number of rotatable bonds is 5. The van der Waals surface area contributed by atoms with Gasteiger partial charge in [0.2, 0.25) is 0 Å². The Labute approximate surface area is 137 Å². The fourth-order valence-electron chi connectivity index (χ4n) is 2.86. The molecular formula is C16H18N4O4. The zero-order valence-corrected chi connectivity index (χ0v) is 12.9. The second-order valence-electron chi connectivity index (χ2n) is 5.98. The summed E-state index contributed by atoms with van der Waals surface area (Å²) in [5, 5.41) is 12.4. The molecule has 0 aromatic carbocycles. The Balaban J connectivity index is 1.77. The summed E-state index contributed by atoms with van der Waals surface area (Å²) >= 11 is 0. The number of carbonyl (C=O) groups is 1. The minimum absolute atomic E-state index is 0.118. The molecule has 3 rings (SSSR count). The number of aromatic nitrogens is 3. The third-order valence-corrected chi connectivity index (χ3v) is 4.25. The molecule has 8 nitrogen and oxygen atoms in total. The number of amides is 1. The van der Waals surface area contributed by atoms with Crippen LogP contribution >= 0.6 is 0 Å². The van der Waals surface area contributed by atoms with E-state index in [2.05, 4.69) is 15.3 Å². The molecule has 1 fully saturated rings. The maximum atomic E-state index is 12.4. The van der Waals surface area contributed by atoms with Gasteiger partial charge in [-0.25, -0.2) is 4.79 Å². The molecule has 126 valence electrons. The number of H-pyrrole nitrogens is 2. The van der Waals surface area contributed by atoms with E-state index in [4.69, 9.17) is 0 Å². The number of aromatic amines is 2. The number of pyridine rings is 1. The standard InChI is InChI=1S/C16H18N4O4/c21-11-5-9(6-11)13(7-10-3-1-2-4-17-10)19-14(22)12-8-18-16(24)20-15(12)23/h1-4,8-9,11,13,21H,5-7H2,(H,19,22)(H2,18,20,23,24)/t9?,11?,13-/m0/s1. The van der Waals surface area contributed by atoms with Crippen molar-refractivity contribution in [1.29, 1.82) is 0 Å². The summed E-state index contributed by atoms with van der Waals surface area (Å²) in [6, 6.07) is 5.29. The SMILES string of the molecule is O=C(N[C@@H](Cc1ccccn1)C1CC(O)C1)c1c[nH]c(=O)[nH]c1=O. The first kappa shape index (κ1) is 16.1. The first-order valence-electron chi connectivity index (χ1n) is 7.74. The Morgan fingerprint density at radius 3 is 2.79 bits per heavy atom. The van der Waals surface area contributed by atoms with Crippen LogP contribution in [0.25, 0.3) is 0 Å². The van der Waals surface area contributed by atoms with E-state index >= 15 is 0 Å². The second kappa shape index (κ2) is 6.79. The molecule has 8 heteroatoms. The summed E-state index contributed by atoms with van der Waals surface area (Å²) in [5.41, 5.74) is -0.731. The van der Waals surface area contributed by atoms with Crippen molar-refractivity contribution in [1.82, 2.24) is 20.3 Å². The molecule has 0 radical (unpaired) electrons. The molecule has 0 unspecified atom stereocenters. The molecule has 2 heterocycles. The van der Waals surface area contributed by atoms with Crippen LogP contribution in [0.4, 0.5) is 0 Å². The highest BCUT2D eigenvalue weighted by atomic mass is 16.3. The maximum Gasteiger partial charge on any atom is 0.325 e. The van der Waals surface area contributed by atoms with E-state index < -0.39 is 17.2 Å². The third kappa shape index (κ3) is 3.60. The highest BCUT2D eigenvalue weighted by molar-refractivity contribution is 5.93. The molecule has 1 atom stereocenters. The van der Waals surface area contributed by atoms with Crippen molar-refractivity contribution in [3.8, 4) is 0 Å². The third-order valence-electron chi connectivity index (χ3n) is 4.25. The first-order valence-corrected chi connectivity index (χ1v) is 7.74. The van der Waals surface area contributed by atoms with Gasteiger partial charge in [-0.3, -0.25) is 19.6 Å². The van der Waals surface area contributed by atoms with Crippen molar-refractivity contribution in [3.05, 3.63) is 62.7 Å². The molecule has 1 aliphatic carbocycles. The average Bonchev–Trinajstić information content (AvgIpc) is 2.52. The summed E-state index contributed by atoms with van der Waals surface area (Å²) in [4.78, 5) is 43.7. The fraction of sp³-hybridized carbons (Fsp3) is 0.375. The monoisotopic (exact) mass is 330 g/mol. The van der Waals surface area contributed by atoms with Gasteiger partial charge in [0.15, 0.2) is 0 Å². The smallest absolute Gasteiger partial charge is 0.325 e. The van der Waals surface area contributed by atoms with E-state index in [0.717, 1.165) is 11.9 Å². The molecule has 4 N–H and O–H groups in total. The lowest BCUT2D eigenvalue weighted by Gasteiger charge is -2.38. The van der Waals surface area contributed by atoms with Crippen LogP contribution in [-0.2, 0) is 6.42 Å². The predicted octanol–water partition coefficient (Wildman–Crippen LogP) is -0.430. The van der Waals surface area contributed by atoms with Gasteiger partial charge in [-0.2, -0.15) is 0 Å². The topological polar surface area (TPSA) is 128 Å². The molecule has 24 heavy (non-hydrogen) atoms. The number of carbonyl (C=O) groups excluding carboxylic acids is 1. The van der Waals surface area contributed by atoms with E-state index in [1.807, 2.05) is 23.2 Å². The molecular weight excluding hydrogens is 312 g/mol. The van der Waals surface area contributed by atoms with Crippen LogP contribution in [0.1, 0.15) is 28.9 Å². The summed E-state index contributed by atoms with van der Waals surface area (Å²) in [5.74, 6) is -0.442. The summed E-state index contributed by atoms with van der Waals surface area (Å²) in [7, 11) is 0. The maximum absolute atomic E-state index is 12.4. The minimum atomic E-state index is -0.735. The largest absolute Gasteiger partial charge is 0.393 e. The Morgan fingerprint density at radius 2 is 2.17 bits per heavy atom. The van der Waals surface area contributed by atoms with E-state index in [0.29, 0.717) is 19.3 Å². The lowest BCUT2D eigenvalue weighted by molar-refractivity contribution is 0.0237. The minimum Gasteiger partial charge on any atom is -0.393 e. The van der Waals surface area contributed by atoms with E-state index in [1.54, 1.807) is 6.20 Å². The lowest BCUT2D eigenvalue weighted by atomic mass is 9.76. The quantitative estimate of drug-likeness (QED) is 0.591. The number of aliphatic hydroxyl groups is 1. The Morgan fingerprint density at radius 1 is 1.38 bits per heavy atom. The van der Waals surface area contributed by atoms with Gasteiger partial charge in [-0.15, -0.1) is 0 Å². The van der Waals surface area contributed by atoms with Crippen molar-refractivity contribution in [2.45, 2.75) is 31.4 Å². The van der Waals surface area contributed by atoms with Crippen LogP contribution in [0.2, 0.25) is 0 Å². The zero-order valence-electron chi connectivity index (χ0n) is 12.9. The molecule has 1 saturated carbocycles. The molecule has 0 aliphatic heterocycles. The molecule has 0 saturated heterocycles. The fourth-order valence-corrected chi connectivity index (χ4v) is 2.86. The molecule has 1 amide bonds. The van der Waals surface area contributed by atoms with E-state index in [9.17, 15) is 19.5 Å². The molecule has 0 spiro atoms. The molecule has 0 bridgehead atoms. The Kier molecular flexibility index (Phi) is 4.57.